The molecule has 1 aliphatic carbocycles. The van der Waals surface area contributed by atoms with Crippen LogP contribution in [0.1, 0.15) is 25.9 Å². The summed E-state index contributed by atoms with van der Waals surface area (Å²) in [6.45, 7) is 4.48. The fourth-order valence-corrected chi connectivity index (χ4v) is 7.44. The van der Waals surface area contributed by atoms with Gasteiger partial charge in [0.2, 0.25) is 0 Å². The van der Waals surface area contributed by atoms with Crippen LogP contribution < -0.4 is 0 Å². The summed E-state index contributed by atoms with van der Waals surface area (Å²) < 4.78 is 5.86. The normalized spacial score (nSPS) is 18.4. The van der Waals surface area contributed by atoms with Crippen LogP contribution in [0.4, 0.5) is 0 Å². The molecule has 1 heteroatoms. The van der Waals surface area contributed by atoms with Crippen LogP contribution in [0.5, 0.6) is 0 Å². The molecule has 0 spiro atoms. The summed E-state index contributed by atoms with van der Waals surface area (Å²) >= 11 is -1.29. The van der Waals surface area contributed by atoms with Crippen LogP contribution in [-0.2, 0) is 21.4 Å². The minimum absolute atomic E-state index is 0.842. The molecule has 0 aromatic heterocycles. The van der Waals surface area contributed by atoms with Gasteiger partial charge >= 0.3 is 94.9 Å². The van der Waals surface area contributed by atoms with E-state index in [1.54, 1.807) is 5.56 Å². The first-order chi connectivity index (χ1) is 6.61. The topological polar surface area (TPSA) is 0 Å². The van der Waals surface area contributed by atoms with Gasteiger partial charge < -0.3 is 0 Å². The molecule has 2 rings (SSSR count). The Morgan fingerprint density at radius 3 is 2.36 bits per heavy atom. The number of hydrogen-bond donors (Lipinski definition) is 0. The van der Waals surface area contributed by atoms with Gasteiger partial charge in [0.15, 0.2) is 0 Å². The quantitative estimate of drug-likeness (QED) is 0.669. The van der Waals surface area contributed by atoms with Gasteiger partial charge in [-0.1, -0.05) is 0 Å². The Morgan fingerprint density at radius 2 is 1.71 bits per heavy atom. The average Bonchev–Trinajstić information content (AvgIpc) is 2.56. The SMILES string of the molecule is Cc1ccc(C)c2c1C=C[CH]2[Hf]([CH3])[CH3]. The fraction of sp³-hybridized carbons (Fsp3) is 0.385. The van der Waals surface area contributed by atoms with Gasteiger partial charge in [-0.25, -0.2) is 0 Å². The van der Waals surface area contributed by atoms with E-state index in [2.05, 4.69) is 47.5 Å². The molecule has 0 heterocycles. The van der Waals surface area contributed by atoms with Crippen molar-refractivity contribution in [2.24, 2.45) is 0 Å². The number of fused-ring (bicyclic) bond motifs is 1. The van der Waals surface area contributed by atoms with Crippen molar-refractivity contribution >= 4 is 6.08 Å². The predicted octanol–water partition coefficient (Wildman–Crippen LogP) is 4.09. The molecule has 0 saturated carbocycles. The van der Waals surface area contributed by atoms with Crippen molar-refractivity contribution in [2.45, 2.75) is 26.9 Å². The van der Waals surface area contributed by atoms with Crippen LogP contribution in [0.25, 0.3) is 6.08 Å². The molecule has 14 heavy (non-hydrogen) atoms. The van der Waals surface area contributed by atoms with Crippen LogP contribution in [0.2, 0.25) is 9.36 Å². The summed E-state index contributed by atoms with van der Waals surface area (Å²) in [4.78, 5) is 0. The molecular weight excluding hydrogens is 335 g/mol. The zero-order valence-electron chi connectivity index (χ0n) is 9.39. The summed E-state index contributed by atoms with van der Waals surface area (Å²) in [5.74, 6) is 0. The van der Waals surface area contributed by atoms with E-state index >= 15 is 0 Å². The second kappa shape index (κ2) is 3.77. The van der Waals surface area contributed by atoms with Gasteiger partial charge in [0, 0.05) is 0 Å². The van der Waals surface area contributed by atoms with Crippen molar-refractivity contribution in [3.8, 4) is 0 Å². The Balaban J connectivity index is 2.58. The van der Waals surface area contributed by atoms with Gasteiger partial charge in [0.25, 0.3) is 0 Å². The van der Waals surface area contributed by atoms with Crippen LogP contribution >= 0.6 is 0 Å². The van der Waals surface area contributed by atoms with E-state index in [1.165, 1.54) is 16.7 Å². The minimum atomic E-state index is -1.29. The van der Waals surface area contributed by atoms with Crippen molar-refractivity contribution in [2.75, 3.05) is 0 Å². The third kappa shape index (κ3) is 1.56. The average molecular weight is 352 g/mol. The van der Waals surface area contributed by atoms with Gasteiger partial charge in [-0.05, 0) is 0 Å². The molecule has 1 atom stereocenters. The monoisotopic (exact) mass is 353 g/mol. The zero-order valence-corrected chi connectivity index (χ0v) is 13.0. The van der Waals surface area contributed by atoms with E-state index in [0.29, 0.717) is 0 Å². The summed E-state index contributed by atoms with van der Waals surface area (Å²) in [6.07, 6.45) is 4.80. The number of benzene rings is 1. The fourth-order valence-electron chi connectivity index (χ4n) is 2.26. The maximum atomic E-state index is 2.51. The van der Waals surface area contributed by atoms with Crippen molar-refractivity contribution in [3.63, 3.8) is 0 Å². The molecule has 0 fully saturated rings. The molecule has 1 aromatic rings. The Morgan fingerprint density at radius 1 is 1.07 bits per heavy atom. The van der Waals surface area contributed by atoms with Crippen molar-refractivity contribution in [3.05, 3.63) is 40.5 Å². The Hall–Kier alpha value is -0.170. The van der Waals surface area contributed by atoms with Crippen molar-refractivity contribution in [1.29, 1.82) is 0 Å². The molecule has 0 bridgehead atoms. The molecule has 0 saturated heterocycles. The predicted molar refractivity (Wildman–Crippen MR) is 59.4 cm³/mol. The van der Waals surface area contributed by atoms with E-state index in [-0.39, 0.29) is 0 Å². The first-order valence-electron chi connectivity index (χ1n) is 5.19. The number of rotatable bonds is 1. The second-order valence-corrected chi connectivity index (χ2v) is 14.4. The van der Waals surface area contributed by atoms with Crippen LogP contribution in [0.3, 0.4) is 0 Å². The van der Waals surface area contributed by atoms with Crippen molar-refractivity contribution in [1.82, 2.24) is 0 Å². The molecular formula is C13H17Hf. The molecule has 0 radical (unpaired) electrons. The number of allylic oxidation sites excluding steroid dienone is 1. The van der Waals surface area contributed by atoms with Crippen molar-refractivity contribution < 1.29 is 21.4 Å². The molecule has 1 aliphatic rings. The van der Waals surface area contributed by atoms with Crippen LogP contribution in [0, 0.1) is 13.8 Å². The first kappa shape index (κ1) is 10.4. The third-order valence-corrected chi connectivity index (χ3v) is 9.31. The molecule has 1 unspecified atom stereocenters. The first-order valence-corrected chi connectivity index (χ1v) is 14.5. The van der Waals surface area contributed by atoms with Gasteiger partial charge in [0.05, 0.1) is 0 Å². The summed E-state index contributed by atoms with van der Waals surface area (Å²) in [6, 6.07) is 4.53. The van der Waals surface area contributed by atoms with E-state index in [9.17, 15) is 0 Å². The van der Waals surface area contributed by atoms with Gasteiger partial charge in [0.1, 0.15) is 0 Å². The summed E-state index contributed by atoms with van der Waals surface area (Å²) in [5, 5.41) is 0. The zero-order chi connectivity index (χ0) is 10.3. The molecule has 0 aliphatic heterocycles. The molecule has 0 amide bonds. The van der Waals surface area contributed by atoms with E-state index in [1.807, 2.05) is 0 Å². The molecule has 0 N–H and O–H groups in total. The van der Waals surface area contributed by atoms with Crippen LogP contribution in [-0.4, -0.2) is 0 Å². The van der Waals surface area contributed by atoms with Gasteiger partial charge in [-0.3, -0.25) is 0 Å². The number of hydrogen-bond acceptors (Lipinski definition) is 0. The number of aryl methyl sites for hydroxylation is 2. The Labute approximate surface area is 94.6 Å². The second-order valence-electron chi connectivity index (χ2n) is 4.44. The van der Waals surface area contributed by atoms with Crippen LogP contribution in [0.15, 0.2) is 18.2 Å². The third-order valence-electron chi connectivity index (χ3n) is 3.11. The van der Waals surface area contributed by atoms with Gasteiger partial charge in [-0.15, -0.1) is 0 Å². The maximum absolute atomic E-state index is 2.51. The molecule has 0 nitrogen and oxygen atoms in total. The summed E-state index contributed by atoms with van der Waals surface area (Å²) in [7, 11) is 0. The Kier molecular flexibility index (Phi) is 2.79. The summed E-state index contributed by atoms with van der Waals surface area (Å²) in [5.41, 5.74) is 6.10. The molecule has 1 aromatic carbocycles. The standard InChI is InChI=1S/C11H11.2CH3.Hf/c1-8-6-7-9(2)11-5-3-4-10(8)11;;;/h3-7H,1-2H3;2*1H3;. The Bertz CT molecular complexity index is 388. The molecule has 73 valence electrons. The van der Waals surface area contributed by atoms with E-state index in [4.69, 9.17) is 0 Å². The van der Waals surface area contributed by atoms with E-state index in [0.717, 1.165) is 3.67 Å². The van der Waals surface area contributed by atoms with E-state index < -0.39 is 21.4 Å². The van der Waals surface area contributed by atoms with Gasteiger partial charge in [-0.2, -0.15) is 0 Å².